The summed E-state index contributed by atoms with van der Waals surface area (Å²) >= 11 is 0. The molecule has 0 saturated carbocycles. The smallest absolute Gasteiger partial charge is 0.220 e. The Morgan fingerprint density at radius 1 is 0.486 bits per heavy atom. The number of hydrogen-bond donors (Lipinski definition) is 6. The van der Waals surface area contributed by atoms with Gasteiger partial charge in [0.15, 0.2) is 6.29 Å². The number of aliphatic hydroxyl groups excluding tert-OH is 5. The van der Waals surface area contributed by atoms with Gasteiger partial charge >= 0.3 is 0 Å². The van der Waals surface area contributed by atoms with E-state index >= 15 is 0 Å². The number of amides is 1. The van der Waals surface area contributed by atoms with Gasteiger partial charge in [0.25, 0.3) is 0 Å². The van der Waals surface area contributed by atoms with Crippen molar-refractivity contribution in [1.82, 2.24) is 5.32 Å². The van der Waals surface area contributed by atoms with E-state index < -0.39 is 49.5 Å². The molecule has 1 heterocycles. The quantitative estimate of drug-likeness (QED) is 0.0261. The molecule has 6 N–H and O–H groups in total. The number of carbonyl (C=O) groups excluding carboxylic acids is 1. The van der Waals surface area contributed by atoms with E-state index in [-0.39, 0.29) is 12.5 Å². The third kappa shape index (κ3) is 39.4. The molecule has 0 aromatic rings. The highest BCUT2D eigenvalue weighted by atomic mass is 16.7. The first-order valence-electron chi connectivity index (χ1n) is 29.5. The van der Waals surface area contributed by atoms with Crippen LogP contribution in [0.2, 0.25) is 0 Å². The Labute approximate surface area is 430 Å². The van der Waals surface area contributed by atoms with Crippen molar-refractivity contribution in [3.63, 3.8) is 0 Å². The molecule has 0 aliphatic carbocycles. The molecule has 1 aliphatic rings. The number of rotatable bonds is 50. The lowest BCUT2D eigenvalue weighted by molar-refractivity contribution is -0.302. The molecule has 0 spiro atoms. The molecule has 1 rings (SSSR count). The van der Waals surface area contributed by atoms with Gasteiger partial charge in [-0.3, -0.25) is 4.79 Å². The van der Waals surface area contributed by atoms with E-state index in [0.29, 0.717) is 6.42 Å². The fourth-order valence-electron chi connectivity index (χ4n) is 9.12. The van der Waals surface area contributed by atoms with Gasteiger partial charge in [0, 0.05) is 6.42 Å². The first-order chi connectivity index (χ1) is 34.3. The fourth-order valence-corrected chi connectivity index (χ4v) is 9.12. The standard InChI is InChI=1S/C61H111NO8/c1-3-5-7-9-11-13-15-16-17-18-19-20-21-22-23-24-25-26-27-28-29-30-31-32-33-34-35-36-37-38-39-40-41-43-45-47-49-51-57(65)62-54(53-69-61-60(68)59(67)58(66)56(52-63)70-61)55(64)50-48-46-44-42-14-12-10-8-6-4-2/h14-16,18-19,21-22,42,48,50,54-56,58-61,63-64,66-68H,3-13,17,20,23-41,43-47,49,51-53H2,1-2H3,(H,62,65)/b16-15-,19-18-,22-21-,42-14+,50-48+. The summed E-state index contributed by atoms with van der Waals surface area (Å²) in [7, 11) is 0. The van der Waals surface area contributed by atoms with Crippen LogP contribution in [0, 0.1) is 0 Å². The predicted octanol–water partition coefficient (Wildman–Crippen LogP) is 14.7. The summed E-state index contributed by atoms with van der Waals surface area (Å²) in [4.78, 5) is 13.0. The van der Waals surface area contributed by atoms with Crippen LogP contribution in [0.3, 0.4) is 0 Å². The zero-order chi connectivity index (χ0) is 50.8. The van der Waals surface area contributed by atoms with E-state index in [1.54, 1.807) is 6.08 Å². The minimum Gasteiger partial charge on any atom is -0.394 e. The van der Waals surface area contributed by atoms with E-state index in [1.807, 2.05) is 6.08 Å². The summed E-state index contributed by atoms with van der Waals surface area (Å²) in [5, 5.41) is 54.2. The highest BCUT2D eigenvalue weighted by Gasteiger charge is 2.44. The van der Waals surface area contributed by atoms with Crippen molar-refractivity contribution >= 4 is 5.91 Å². The number of unbranched alkanes of at least 4 members (excludes halogenated alkanes) is 32. The Hall–Kier alpha value is -2.11. The van der Waals surface area contributed by atoms with Crippen LogP contribution in [-0.4, -0.2) is 87.5 Å². The number of aliphatic hydroxyl groups is 5. The van der Waals surface area contributed by atoms with E-state index in [2.05, 4.69) is 67.8 Å². The van der Waals surface area contributed by atoms with Crippen molar-refractivity contribution in [1.29, 1.82) is 0 Å². The van der Waals surface area contributed by atoms with Crippen LogP contribution >= 0.6 is 0 Å². The molecular weight excluding hydrogens is 875 g/mol. The molecule has 9 heteroatoms. The first-order valence-corrected chi connectivity index (χ1v) is 29.5. The Bertz CT molecular complexity index is 1280. The third-order valence-corrected chi connectivity index (χ3v) is 13.8. The van der Waals surface area contributed by atoms with Crippen molar-refractivity contribution in [2.45, 2.75) is 307 Å². The van der Waals surface area contributed by atoms with Gasteiger partial charge in [0.05, 0.1) is 25.4 Å². The Morgan fingerprint density at radius 3 is 1.31 bits per heavy atom. The maximum atomic E-state index is 13.0. The molecule has 0 radical (unpaired) electrons. The molecule has 0 aromatic heterocycles. The average molecular weight is 987 g/mol. The van der Waals surface area contributed by atoms with Gasteiger partial charge in [0.1, 0.15) is 24.4 Å². The summed E-state index contributed by atoms with van der Waals surface area (Å²) in [6, 6.07) is -0.820. The van der Waals surface area contributed by atoms with Crippen LogP contribution < -0.4 is 5.32 Å². The molecule has 1 saturated heterocycles. The minimum atomic E-state index is -1.57. The Morgan fingerprint density at radius 2 is 0.857 bits per heavy atom. The van der Waals surface area contributed by atoms with Crippen molar-refractivity contribution in [3.05, 3.63) is 60.8 Å². The number of carbonyl (C=O) groups is 1. The molecule has 9 nitrogen and oxygen atoms in total. The second-order valence-corrected chi connectivity index (χ2v) is 20.4. The van der Waals surface area contributed by atoms with E-state index in [0.717, 1.165) is 51.4 Å². The van der Waals surface area contributed by atoms with Gasteiger partial charge in [-0.15, -0.1) is 0 Å². The van der Waals surface area contributed by atoms with Gasteiger partial charge < -0.3 is 40.3 Å². The van der Waals surface area contributed by atoms with Gasteiger partial charge in [-0.05, 0) is 70.6 Å². The average Bonchev–Trinajstić information content (AvgIpc) is 3.36. The number of nitrogens with one attached hydrogen (secondary N) is 1. The second-order valence-electron chi connectivity index (χ2n) is 20.4. The van der Waals surface area contributed by atoms with Crippen molar-refractivity contribution in [2.75, 3.05) is 13.2 Å². The van der Waals surface area contributed by atoms with E-state index in [4.69, 9.17) is 9.47 Å². The summed E-state index contributed by atoms with van der Waals surface area (Å²) in [5.41, 5.74) is 0. The molecule has 0 bridgehead atoms. The maximum absolute atomic E-state index is 13.0. The van der Waals surface area contributed by atoms with Crippen LogP contribution in [0.5, 0.6) is 0 Å². The van der Waals surface area contributed by atoms with Crippen molar-refractivity contribution in [2.24, 2.45) is 0 Å². The zero-order valence-electron chi connectivity index (χ0n) is 45.3. The molecule has 408 valence electrons. The summed E-state index contributed by atoms with van der Waals surface area (Å²) in [6.45, 7) is 3.71. The predicted molar refractivity (Wildman–Crippen MR) is 295 cm³/mol. The molecular formula is C61H111NO8. The first kappa shape index (κ1) is 65.9. The number of allylic oxidation sites excluding steroid dienone is 9. The lowest BCUT2D eigenvalue weighted by Gasteiger charge is -2.40. The van der Waals surface area contributed by atoms with Crippen LogP contribution in [0.4, 0.5) is 0 Å². The molecule has 1 aliphatic heterocycles. The van der Waals surface area contributed by atoms with Crippen LogP contribution in [0.15, 0.2) is 60.8 Å². The highest BCUT2D eigenvalue weighted by molar-refractivity contribution is 5.76. The molecule has 70 heavy (non-hydrogen) atoms. The summed E-state index contributed by atoms with van der Waals surface area (Å²) in [6.07, 6.45) is 61.9. The summed E-state index contributed by atoms with van der Waals surface area (Å²) in [5.74, 6) is -0.187. The van der Waals surface area contributed by atoms with Gasteiger partial charge in [-0.1, -0.05) is 248 Å². The molecule has 7 unspecified atom stereocenters. The molecule has 1 amide bonds. The minimum absolute atomic E-state index is 0.187. The Balaban J connectivity index is 2.04. The Kier molecular flexibility index (Phi) is 47.5. The lowest BCUT2D eigenvalue weighted by atomic mass is 9.99. The highest BCUT2D eigenvalue weighted by Crippen LogP contribution is 2.23. The SMILES string of the molecule is CCCCCC/C=C/CC/C=C/C(O)C(COC1OC(CO)C(O)C(O)C1O)NC(=O)CCCCCCCCCCCCCCCCCCCCCCCC/C=C\C/C=C\C/C=C\CCCCCCC. The zero-order valence-corrected chi connectivity index (χ0v) is 45.3. The largest absolute Gasteiger partial charge is 0.394 e. The van der Waals surface area contributed by atoms with Crippen LogP contribution in [0.1, 0.15) is 264 Å². The van der Waals surface area contributed by atoms with Gasteiger partial charge in [-0.25, -0.2) is 0 Å². The molecule has 7 atom stereocenters. The maximum Gasteiger partial charge on any atom is 0.220 e. The van der Waals surface area contributed by atoms with Crippen molar-refractivity contribution < 1.29 is 39.8 Å². The van der Waals surface area contributed by atoms with E-state index in [1.165, 1.54) is 193 Å². The number of ether oxygens (including phenoxy) is 2. The second kappa shape index (κ2) is 50.4. The van der Waals surface area contributed by atoms with Crippen molar-refractivity contribution in [3.8, 4) is 0 Å². The van der Waals surface area contributed by atoms with Gasteiger partial charge in [-0.2, -0.15) is 0 Å². The molecule has 1 fully saturated rings. The third-order valence-electron chi connectivity index (χ3n) is 13.8. The number of hydrogen-bond acceptors (Lipinski definition) is 8. The normalized spacial score (nSPS) is 19.8. The van der Waals surface area contributed by atoms with Crippen LogP contribution in [-0.2, 0) is 14.3 Å². The van der Waals surface area contributed by atoms with Crippen LogP contribution in [0.25, 0.3) is 0 Å². The topological polar surface area (TPSA) is 149 Å². The molecule has 0 aromatic carbocycles. The fraction of sp³-hybridized carbons (Fsp3) is 0.820. The lowest BCUT2D eigenvalue weighted by Crippen LogP contribution is -2.60. The monoisotopic (exact) mass is 986 g/mol. The van der Waals surface area contributed by atoms with Gasteiger partial charge in [0.2, 0.25) is 5.91 Å². The summed E-state index contributed by atoms with van der Waals surface area (Å²) < 4.78 is 11.2. The van der Waals surface area contributed by atoms with E-state index in [9.17, 15) is 30.3 Å².